The molecule has 0 aromatic heterocycles. The lowest BCUT2D eigenvalue weighted by Gasteiger charge is -2.19. The molecule has 4 N–H and O–H groups in total. The minimum atomic E-state index is -0.302. The van der Waals surface area contributed by atoms with Crippen molar-refractivity contribution in [3.63, 3.8) is 0 Å². The number of nitrogens with zero attached hydrogens (tertiary/aromatic N) is 1. The van der Waals surface area contributed by atoms with Crippen LogP contribution in [-0.2, 0) is 14.3 Å². The zero-order chi connectivity index (χ0) is 18.9. The number of amides is 2. The first-order valence-corrected chi connectivity index (χ1v) is 9.19. The molecule has 1 fully saturated rings. The molecule has 0 bridgehead atoms. The number of nitrogens with one attached hydrogen (secondary N) is 2. The predicted molar refractivity (Wildman–Crippen MR) is 103 cm³/mol. The fourth-order valence-electron chi connectivity index (χ4n) is 3.10. The van der Waals surface area contributed by atoms with E-state index in [2.05, 4.69) is 21.6 Å². The van der Waals surface area contributed by atoms with E-state index in [0.717, 1.165) is 24.5 Å². The molecule has 1 aliphatic heterocycles. The van der Waals surface area contributed by atoms with Crippen LogP contribution >= 0.6 is 0 Å². The molecule has 7 nitrogen and oxygen atoms in total. The number of hydrogen-bond donors (Lipinski definition) is 3. The highest BCUT2D eigenvalue weighted by atomic mass is 16.5. The van der Waals surface area contributed by atoms with Crippen LogP contribution in [0.15, 0.2) is 24.3 Å². The lowest BCUT2D eigenvalue weighted by Crippen LogP contribution is -2.38. The standard InChI is InChI=1S/C19H30N4O3/c1-14(21-19(25)12-17(13-20)26-2)10-18(24)22-15-6-5-7-16(11-15)23-8-3-4-9-23/h5-7,11,14,17H,3-4,8-10,12-13,20H2,1-2H3,(H,21,25)(H,22,24). The second-order valence-corrected chi connectivity index (χ2v) is 6.76. The van der Waals surface area contributed by atoms with Crippen molar-refractivity contribution in [2.75, 3.05) is 37.0 Å². The third-order valence-corrected chi connectivity index (χ3v) is 4.51. The molecule has 2 amide bonds. The Morgan fingerprint density at radius 1 is 1.23 bits per heavy atom. The summed E-state index contributed by atoms with van der Waals surface area (Å²) < 4.78 is 5.10. The van der Waals surface area contributed by atoms with Crippen LogP contribution in [0.25, 0.3) is 0 Å². The summed E-state index contributed by atoms with van der Waals surface area (Å²) in [5, 5.41) is 5.72. The Labute approximate surface area is 155 Å². The molecule has 0 radical (unpaired) electrons. The number of nitrogens with two attached hydrogens (primary N) is 1. The molecule has 2 rings (SSSR count). The lowest BCUT2D eigenvalue weighted by molar-refractivity contribution is -0.124. The van der Waals surface area contributed by atoms with Crippen LogP contribution in [-0.4, -0.2) is 50.7 Å². The molecule has 2 unspecified atom stereocenters. The van der Waals surface area contributed by atoms with Gasteiger partial charge >= 0.3 is 0 Å². The van der Waals surface area contributed by atoms with Gasteiger partial charge in [-0.2, -0.15) is 0 Å². The Bertz CT molecular complexity index is 598. The number of carbonyl (C=O) groups is 2. The highest BCUT2D eigenvalue weighted by molar-refractivity contribution is 5.92. The molecule has 26 heavy (non-hydrogen) atoms. The van der Waals surface area contributed by atoms with Gasteiger partial charge in [0.1, 0.15) is 0 Å². The number of hydrogen-bond acceptors (Lipinski definition) is 5. The van der Waals surface area contributed by atoms with E-state index >= 15 is 0 Å². The quantitative estimate of drug-likeness (QED) is 0.618. The molecule has 1 aromatic carbocycles. The van der Waals surface area contributed by atoms with E-state index in [9.17, 15) is 9.59 Å². The van der Waals surface area contributed by atoms with Crippen molar-refractivity contribution in [3.05, 3.63) is 24.3 Å². The molecule has 7 heteroatoms. The fraction of sp³-hybridized carbons (Fsp3) is 0.579. The summed E-state index contributed by atoms with van der Waals surface area (Å²) in [6, 6.07) is 7.63. The Balaban J connectivity index is 1.80. The van der Waals surface area contributed by atoms with Crippen molar-refractivity contribution >= 4 is 23.2 Å². The molecular formula is C19H30N4O3. The normalized spacial score (nSPS) is 16.2. The van der Waals surface area contributed by atoms with Crippen molar-refractivity contribution in [1.82, 2.24) is 5.32 Å². The number of methoxy groups -OCH3 is 1. The maximum atomic E-state index is 12.3. The number of benzene rings is 1. The van der Waals surface area contributed by atoms with Crippen molar-refractivity contribution < 1.29 is 14.3 Å². The van der Waals surface area contributed by atoms with E-state index in [4.69, 9.17) is 10.5 Å². The van der Waals surface area contributed by atoms with E-state index in [1.807, 2.05) is 25.1 Å². The van der Waals surface area contributed by atoms with E-state index in [-0.39, 0.29) is 43.3 Å². The third kappa shape index (κ3) is 6.31. The SMILES string of the molecule is COC(CN)CC(=O)NC(C)CC(=O)Nc1cccc(N2CCCC2)c1. The molecule has 1 aliphatic rings. The Kier molecular flexibility index (Phi) is 7.87. The monoisotopic (exact) mass is 362 g/mol. The fourth-order valence-corrected chi connectivity index (χ4v) is 3.10. The van der Waals surface area contributed by atoms with Crippen molar-refractivity contribution in [2.24, 2.45) is 5.73 Å². The van der Waals surface area contributed by atoms with Crippen molar-refractivity contribution in [1.29, 1.82) is 0 Å². The van der Waals surface area contributed by atoms with Crippen LogP contribution in [0.1, 0.15) is 32.6 Å². The summed E-state index contributed by atoms with van der Waals surface area (Å²) >= 11 is 0. The summed E-state index contributed by atoms with van der Waals surface area (Å²) in [7, 11) is 1.53. The Morgan fingerprint density at radius 2 is 1.96 bits per heavy atom. The molecular weight excluding hydrogens is 332 g/mol. The summed E-state index contributed by atoms with van der Waals surface area (Å²) in [4.78, 5) is 26.5. The topological polar surface area (TPSA) is 96.7 Å². The predicted octanol–water partition coefficient (Wildman–Crippen LogP) is 1.48. The maximum Gasteiger partial charge on any atom is 0.226 e. The zero-order valence-electron chi connectivity index (χ0n) is 15.7. The molecule has 1 heterocycles. The molecule has 0 saturated carbocycles. The van der Waals surface area contributed by atoms with E-state index in [1.165, 1.54) is 20.0 Å². The van der Waals surface area contributed by atoms with E-state index < -0.39 is 0 Å². The number of rotatable bonds is 9. The van der Waals surface area contributed by atoms with E-state index in [0.29, 0.717) is 0 Å². The van der Waals surface area contributed by atoms with Gasteiger partial charge in [0.15, 0.2) is 0 Å². The first-order valence-electron chi connectivity index (χ1n) is 9.19. The van der Waals surface area contributed by atoms with Gasteiger partial charge in [-0.25, -0.2) is 0 Å². The molecule has 2 atom stereocenters. The molecule has 0 aliphatic carbocycles. The Hall–Kier alpha value is -2.12. The van der Waals surface area contributed by atoms with Gasteiger partial charge < -0.3 is 26.0 Å². The van der Waals surface area contributed by atoms with Crippen LogP contribution in [0, 0.1) is 0 Å². The largest absolute Gasteiger partial charge is 0.380 e. The summed E-state index contributed by atoms with van der Waals surface area (Å²) in [6.45, 7) is 4.21. The van der Waals surface area contributed by atoms with Crippen molar-refractivity contribution in [2.45, 2.75) is 44.8 Å². The van der Waals surface area contributed by atoms with Gasteiger partial charge in [0.2, 0.25) is 11.8 Å². The minimum Gasteiger partial charge on any atom is -0.380 e. The Morgan fingerprint density at radius 3 is 2.62 bits per heavy atom. The third-order valence-electron chi connectivity index (χ3n) is 4.51. The van der Waals surface area contributed by atoms with Gasteiger partial charge in [-0.3, -0.25) is 9.59 Å². The molecule has 144 valence electrons. The number of ether oxygens (including phenoxy) is 1. The lowest BCUT2D eigenvalue weighted by atomic mass is 10.2. The maximum absolute atomic E-state index is 12.3. The van der Waals surface area contributed by atoms with Crippen molar-refractivity contribution in [3.8, 4) is 0 Å². The zero-order valence-corrected chi connectivity index (χ0v) is 15.7. The van der Waals surface area contributed by atoms with Gasteiger partial charge in [-0.15, -0.1) is 0 Å². The first kappa shape index (κ1) is 20.2. The number of carbonyl (C=O) groups excluding carboxylic acids is 2. The van der Waals surface area contributed by atoms with Crippen LogP contribution in [0.5, 0.6) is 0 Å². The average Bonchev–Trinajstić information content (AvgIpc) is 3.14. The van der Waals surface area contributed by atoms with Gasteiger partial charge in [0, 0.05) is 50.6 Å². The van der Waals surface area contributed by atoms with Gasteiger partial charge in [0.05, 0.1) is 12.5 Å². The highest BCUT2D eigenvalue weighted by Crippen LogP contribution is 2.23. The second kappa shape index (κ2) is 10.1. The first-order chi connectivity index (χ1) is 12.5. The smallest absolute Gasteiger partial charge is 0.226 e. The van der Waals surface area contributed by atoms with Crippen LogP contribution in [0.4, 0.5) is 11.4 Å². The van der Waals surface area contributed by atoms with Crippen LogP contribution in [0.3, 0.4) is 0 Å². The van der Waals surface area contributed by atoms with E-state index in [1.54, 1.807) is 0 Å². The molecule has 0 spiro atoms. The summed E-state index contributed by atoms with van der Waals surface area (Å²) in [6.07, 6.45) is 2.52. The summed E-state index contributed by atoms with van der Waals surface area (Å²) in [5.74, 6) is -0.294. The number of anilines is 2. The van der Waals surface area contributed by atoms with Crippen LogP contribution < -0.4 is 21.3 Å². The van der Waals surface area contributed by atoms with Crippen LogP contribution in [0.2, 0.25) is 0 Å². The van der Waals surface area contributed by atoms with Gasteiger partial charge in [-0.05, 0) is 38.0 Å². The minimum absolute atomic E-state index is 0.126. The van der Waals surface area contributed by atoms with Gasteiger partial charge in [0.25, 0.3) is 0 Å². The average molecular weight is 362 g/mol. The summed E-state index contributed by atoms with van der Waals surface area (Å²) in [5.41, 5.74) is 7.43. The molecule has 1 aromatic rings. The highest BCUT2D eigenvalue weighted by Gasteiger charge is 2.16. The molecule has 1 saturated heterocycles. The second-order valence-electron chi connectivity index (χ2n) is 6.76. The van der Waals surface area contributed by atoms with Gasteiger partial charge in [-0.1, -0.05) is 6.07 Å².